The van der Waals surface area contributed by atoms with Gasteiger partial charge in [0.25, 0.3) is 0 Å². The van der Waals surface area contributed by atoms with E-state index >= 15 is 0 Å². The van der Waals surface area contributed by atoms with Gasteiger partial charge in [-0.3, -0.25) is 4.79 Å². The van der Waals surface area contributed by atoms with Crippen LogP contribution in [0.3, 0.4) is 0 Å². The summed E-state index contributed by atoms with van der Waals surface area (Å²) in [6.45, 7) is 12.9. The molecular weight excluding hydrogens is 328 g/mol. The van der Waals surface area contributed by atoms with Crippen LogP contribution in [0.5, 0.6) is 5.75 Å². The summed E-state index contributed by atoms with van der Waals surface area (Å²) in [6.07, 6.45) is 0. The van der Waals surface area contributed by atoms with E-state index in [1.165, 1.54) is 6.92 Å². The van der Waals surface area contributed by atoms with Crippen LogP contribution >= 0.6 is 0 Å². The largest absolute Gasteiger partial charge is 0.544 e. The molecule has 25 heavy (non-hydrogen) atoms. The summed E-state index contributed by atoms with van der Waals surface area (Å²) in [7, 11) is -1.84. The number of ether oxygens (including phenoxy) is 1. The highest BCUT2D eigenvalue weighted by Gasteiger charge is 2.38. The molecule has 0 aromatic heterocycles. The highest BCUT2D eigenvalue weighted by molar-refractivity contribution is 6.74. The molecule has 0 fully saturated rings. The third-order valence-corrected chi connectivity index (χ3v) is 9.15. The van der Waals surface area contributed by atoms with Crippen molar-refractivity contribution in [3.05, 3.63) is 54.1 Å². The van der Waals surface area contributed by atoms with E-state index in [4.69, 9.17) is 9.16 Å². The monoisotopic (exact) mass is 356 g/mol. The zero-order valence-electron chi connectivity index (χ0n) is 16.1. The number of benzene rings is 2. The maximum Gasteiger partial charge on any atom is 0.302 e. The lowest BCUT2D eigenvalue weighted by molar-refractivity contribution is -0.142. The maximum atomic E-state index is 11.1. The van der Waals surface area contributed by atoms with Gasteiger partial charge < -0.3 is 9.16 Å². The number of rotatable bonds is 5. The van der Waals surface area contributed by atoms with E-state index in [0.29, 0.717) is 0 Å². The van der Waals surface area contributed by atoms with Gasteiger partial charge in [0.1, 0.15) is 12.4 Å². The molecule has 0 atom stereocenters. The molecule has 0 heterocycles. The fraction of sp³-hybridized carbons (Fsp3) is 0.381. The van der Waals surface area contributed by atoms with Gasteiger partial charge in [0, 0.05) is 6.92 Å². The van der Waals surface area contributed by atoms with Crippen LogP contribution in [0.4, 0.5) is 0 Å². The first-order valence-electron chi connectivity index (χ1n) is 8.61. The summed E-state index contributed by atoms with van der Waals surface area (Å²) in [5, 5.41) is 0.169. The lowest BCUT2D eigenvalue weighted by Crippen LogP contribution is -2.43. The maximum absolute atomic E-state index is 11.1. The SMILES string of the molecule is CC(=O)OCc1ccccc1-c1ccc(O[Si](C)(C)C(C)(C)C)cc1. The first-order valence-corrected chi connectivity index (χ1v) is 11.5. The molecule has 0 saturated carbocycles. The van der Waals surface area contributed by atoms with Crippen molar-refractivity contribution in [2.45, 2.75) is 52.4 Å². The van der Waals surface area contributed by atoms with Crippen LogP contribution in [0.25, 0.3) is 11.1 Å². The number of esters is 1. The molecule has 0 unspecified atom stereocenters. The average Bonchev–Trinajstić information content (AvgIpc) is 2.52. The molecule has 0 radical (unpaired) electrons. The molecule has 0 spiro atoms. The van der Waals surface area contributed by atoms with Gasteiger partial charge in [-0.25, -0.2) is 0 Å². The van der Waals surface area contributed by atoms with Crippen molar-refractivity contribution in [2.75, 3.05) is 0 Å². The molecule has 3 nitrogen and oxygen atoms in total. The molecule has 0 bridgehead atoms. The number of carbonyl (C=O) groups is 1. The molecule has 0 N–H and O–H groups in total. The minimum Gasteiger partial charge on any atom is -0.544 e. The van der Waals surface area contributed by atoms with Crippen LogP contribution in [0.1, 0.15) is 33.3 Å². The molecule has 2 aromatic rings. The summed E-state index contributed by atoms with van der Waals surface area (Å²) in [4.78, 5) is 11.1. The van der Waals surface area contributed by atoms with Gasteiger partial charge >= 0.3 is 5.97 Å². The van der Waals surface area contributed by atoms with Gasteiger partial charge in [-0.1, -0.05) is 57.2 Å². The third-order valence-electron chi connectivity index (χ3n) is 4.79. The third kappa shape index (κ3) is 4.95. The van der Waals surface area contributed by atoms with Crippen molar-refractivity contribution in [2.24, 2.45) is 0 Å². The summed E-state index contributed by atoms with van der Waals surface area (Å²) in [6, 6.07) is 16.2. The Morgan fingerprint density at radius 3 is 2.16 bits per heavy atom. The van der Waals surface area contributed by atoms with E-state index in [-0.39, 0.29) is 17.6 Å². The van der Waals surface area contributed by atoms with Crippen LogP contribution in [0.15, 0.2) is 48.5 Å². The summed E-state index contributed by atoms with van der Waals surface area (Å²) in [5.41, 5.74) is 3.16. The lowest BCUT2D eigenvalue weighted by Gasteiger charge is -2.36. The zero-order chi connectivity index (χ0) is 18.7. The fourth-order valence-corrected chi connectivity index (χ4v) is 3.29. The molecule has 0 amide bonds. The molecule has 0 aliphatic rings. The van der Waals surface area contributed by atoms with Crippen LogP contribution < -0.4 is 4.43 Å². The molecule has 4 heteroatoms. The number of hydrogen-bond donors (Lipinski definition) is 0. The summed E-state index contributed by atoms with van der Waals surface area (Å²) < 4.78 is 11.5. The van der Waals surface area contributed by atoms with Crippen LogP contribution in [0.2, 0.25) is 18.1 Å². The quantitative estimate of drug-likeness (QED) is 0.501. The second kappa shape index (κ2) is 7.44. The van der Waals surface area contributed by atoms with Crippen LogP contribution in [-0.2, 0) is 16.1 Å². The van der Waals surface area contributed by atoms with E-state index in [2.05, 4.69) is 46.0 Å². The first-order chi connectivity index (χ1) is 11.6. The Bertz CT molecular complexity index is 728. The Hall–Kier alpha value is -2.07. The van der Waals surface area contributed by atoms with Gasteiger partial charge in [0.2, 0.25) is 8.32 Å². The van der Waals surface area contributed by atoms with E-state index < -0.39 is 8.32 Å². The van der Waals surface area contributed by atoms with E-state index in [0.717, 1.165) is 22.4 Å². The molecule has 0 aliphatic heterocycles. The van der Waals surface area contributed by atoms with E-state index in [1.54, 1.807) is 0 Å². The summed E-state index contributed by atoms with van der Waals surface area (Å²) >= 11 is 0. The van der Waals surface area contributed by atoms with E-state index in [9.17, 15) is 4.79 Å². The first kappa shape index (κ1) is 19.3. The van der Waals surface area contributed by atoms with Crippen LogP contribution in [0, 0.1) is 0 Å². The van der Waals surface area contributed by atoms with Crippen molar-refractivity contribution in [1.29, 1.82) is 0 Å². The zero-order valence-corrected chi connectivity index (χ0v) is 17.1. The number of hydrogen-bond acceptors (Lipinski definition) is 3. The Labute approximate surface area is 152 Å². The van der Waals surface area contributed by atoms with Crippen molar-refractivity contribution in [3.8, 4) is 16.9 Å². The van der Waals surface area contributed by atoms with Gasteiger partial charge in [-0.2, -0.15) is 0 Å². The normalized spacial score (nSPS) is 11.9. The molecule has 0 aliphatic carbocycles. The Morgan fingerprint density at radius 2 is 1.60 bits per heavy atom. The Kier molecular flexibility index (Phi) is 5.73. The van der Waals surface area contributed by atoms with Crippen molar-refractivity contribution in [1.82, 2.24) is 0 Å². The molecule has 2 rings (SSSR count). The van der Waals surface area contributed by atoms with Gasteiger partial charge in [-0.05, 0) is 47.0 Å². The topological polar surface area (TPSA) is 35.5 Å². The average molecular weight is 357 g/mol. The highest BCUT2D eigenvalue weighted by Crippen LogP contribution is 2.37. The standard InChI is InChI=1S/C21H28O3Si/c1-16(22)23-15-18-9-7-8-10-20(18)17-11-13-19(14-12-17)24-25(5,6)21(2,3)4/h7-14H,15H2,1-6H3. The van der Waals surface area contributed by atoms with Crippen molar-refractivity contribution >= 4 is 14.3 Å². The molecule has 2 aromatic carbocycles. The van der Waals surface area contributed by atoms with Crippen molar-refractivity contribution in [3.63, 3.8) is 0 Å². The minimum atomic E-state index is -1.84. The van der Waals surface area contributed by atoms with Gasteiger partial charge in [0.15, 0.2) is 0 Å². The van der Waals surface area contributed by atoms with Crippen LogP contribution in [-0.4, -0.2) is 14.3 Å². The molecule has 0 saturated heterocycles. The minimum absolute atomic E-state index is 0.169. The second-order valence-electron chi connectivity index (χ2n) is 7.82. The Morgan fingerprint density at radius 1 is 1.00 bits per heavy atom. The molecular formula is C21H28O3Si. The predicted octanol–water partition coefficient (Wildman–Crippen LogP) is 5.80. The number of carbonyl (C=O) groups excluding carboxylic acids is 1. The smallest absolute Gasteiger partial charge is 0.302 e. The molecule has 134 valence electrons. The Balaban J connectivity index is 2.22. The summed E-state index contributed by atoms with van der Waals surface area (Å²) in [5.74, 6) is 0.640. The predicted molar refractivity (Wildman–Crippen MR) is 105 cm³/mol. The highest BCUT2D eigenvalue weighted by atomic mass is 28.4. The van der Waals surface area contributed by atoms with Gasteiger partial charge in [0.05, 0.1) is 0 Å². The van der Waals surface area contributed by atoms with Crippen molar-refractivity contribution < 1.29 is 14.0 Å². The van der Waals surface area contributed by atoms with Gasteiger partial charge in [-0.15, -0.1) is 0 Å². The fourth-order valence-electron chi connectivity index (χ4n) is 2.26. The second-order valence-corrected chi connectivity index (χ2v) is 12.5. The lowest BCUT2D eigenvalue weighted by atomic mass is 10.0. The van der Waals surface area contributed by atoms with E-state index in [1.807, 2.05) is 36.4 Å².